The fourth-order valence-electron chi connectivity index (χ4n) is 3.12. The predicted octanol–water partition coefficient (Wildman–Crippen LogP) is 3.90. The first-order valence-electron chi connectivity index (χ1n) is 8.69. The van der Waals surface area contributed by atoms with E-state index in [1.807, 2.05) is 29.2 Å². The summed E-state index contributed by atoms with van der Waals surface area (Å²) in [6.07, 6.45) is 1.75. The van der Waals surface area contributed by atoms with Gasteiger partial charge in [0.2, 0.25) is 0 Å². The van der Waals surface area contributed by atoms with Gasteiger partial charge >= 0.3 is 0 Å². The molecule has 0 spiro atoms. The number of benzene rings is 2. The number of pyridine rings is 1. The molecule has 5 nitrogen and oxygen atoms in total. The first-order valence-corrected chi connectivity index (χ1v) is 9.07. The molecule has 1 aliphatic heterocycles. The summed E-state index contributed by atoms with van der Waals surface area (Å²) < 4.78 is 25.2. The van der Waals surface area contributed by atoms with E-state index in [0.717, 1.165) is 22.3 Å². The van der Waals surface area contributed by atoms with Gasteiger partial charge in [-0.2, -0.15) is 0 Å². The van der Waals surface area contributed by atoms with E-state index in [9.17, 15) is 4.39 Å². The van der Waals surface area contributed by atoms with Crippen LogP contribution < -0.4 is 15.4 Å². The highest BCUT2D eigenvalue weighted by Crippen LogP contribution is 2.35. The Morgan fingerprint density at radius 2 is 2.04 bits per heavy atom. The summed E-state index contributed by atoms with van der Waals surface area (Å²) in [5.74, 6) is 0.261. The first kappa shape index (κ1) is 18.0. The number of rotatable bonds is 1. The molecule has 4 rings (SSSR count). The van der Waals surface area contributed by atoms with E-state index < -0.39 is 5.82 Å². The normalized spacial score (nSPS) is 18.0. The Morgan fingerprint density at radius 1 is 1.15 bits per heavy atom. The minimum absolute atomic E-state index is 0.0731. The molecule has 1 unspecified atom stereocenters. The fraction of sp³-hybridized carbons (Fsp3) is 0.250. The second kappa shape index (κ2) is 7.68. The van der Waals surface area contributed by atoms with Crippen LogP contribution in [0, 0.1) is 5.82 Å². The lowest BCUT2D eigenvalue weighted by Crippen LogP contribution is -2.34. The number of halogens is 2. The molecular formula is C20H19ClFN3O2. The van der Waals surface area contributed by atoms with Gasteiger partial charge in [0.15, 0.2) is 0 Å². The number of hydrogen-bond donors (Lipinski definition) is 1. The van der Waals surface area contributed by atoms with Crippen molar-refractivity contribution in [3.63, 3.8) is 0 Å². The Kier molecular flexibility index (Phi) is 5.11. The molecule has 0 saturated carbocycles. The summed E-state index contributed by atoms with van der Waals surface area (Å²) in [6, 6.07) is 12.1. The van der Waals surface area contributed by atoms with Gasteiger partial charge in [0.05, 0.1) is 35.5 Å². The van der Waals surface area contributed by atoms with Crippen LogP contribution in [0.5, 0.6) is 5.75 Å². The fourth-order valence-corrected chi connectivity index (χ4v) is 3.29. The lowest BCUT2D eigenvalue weighted by molar-refractivity contribution is 0.111. The molecule has 2 aromatic carbocycles. The number of ether oxygens (including phenoxy) is 2. The number of hydrogen-bond acceptors (Lipinski definition) is 5. The highest BCUT2D eigenvalue weighted by atomic mass is 35.5. The van der Waals surface area contributed by atoms with Crippen LogP contribution in [-0.4, -0.2) is 37.4 Å². The summed E-state index contributed by atoms with van der Waals surface area (Å²) >= 11 is 6.02. The molecule has 1 aromatic heterocycles. The van der Waals surface area contributed by atoms with Crippen molar-refractivity contribution in [1.29, 1.82) is 0 Å². The molecule has 0 aliphatic carbocycles. The highest BCUT2D eigenvalue weighted by Gasteiger charge is 2.17. The van der Waals surface area contributed by atoms with Gasteiger partial charge in [-0.05, 0) is 42.5 Å². The third-order valence-corrected chi connectivity index (χ3v) is 4.74. The van der Waals surface area contributed by atoms with Crippen LogP contribution in [0.4, 0.5) is 15.8 Å². The molecule has 2 N–H and O–H groups in total. The lowest BCUT2D eigenvalue weighted by Gasteiger charge is -2.27. The summed E-state index contributed by atoms with van der Waals surface area (Å²) in [6.45, 7) is 1.77. The van der Waals surface area contributed by atoms with Crippen molar-refractivity contribution in [2.45, 2.75) is 6.04 Å². The molecule has 27 heavy (non-hydrogen) atoms. The molecule has 1 atom stereocenters. The average molecular weight is 388 g/mol. The second-order valence-electron chi connectivity index (χ2n) is 6.41. The first-order chi connectivity index (χ1) is 13.1. The van der Waals surface area contributed by atoms with Gasteiger partial charge in [-0.25, -0.2) is 4.39 Å². The van der Waals surface area contributed by atoms with Gasteiger partial charge < -0.3 is 20.1 Å². The minimum atomic E-state index is -0.452. The molecule has 1 aliphatic rings. The topological polar surface area (TPSA) is 60.6 Å². The summed E-state index contributed by atoms with van der Waals surface area (Å²) in [5, 5.41) is 0.994. The number of anilines is 2. The number of nitrogens with two attached hydrogens (primary N) is 1. The molecule has 140 valence electrons. The maximum atomic E-state index is 13.7. The van der Waals surface area contributed by atoms with E-state index in [4.69, 9.17) is 26.8 Å². The SMILES string of the molecule is NC1COCCN(c2ccc(F)c(Cl)c2)c2ccnc3ccc(cc23)OC1. The van der Waals surface area contributed by atoms with Crippen molar-refractivity contribution in [2.24, 2.45) is 5.73 Å². The molecule has 0 saturated heterocycles. The largest absolute Gasteiger partial charge is 0.492 e. The molecule has 3 aromatic rings. The van der Waals surface area contributed by atoms with E-state index in [2.05, 4.69) is 4.98 Å². The molecular weight excluding hydrogens is 369 g/mol. The van der Waals surface area contributed by atoms with E-state index in [1.54, 1.807) is 18.3 Å². The predicted molar refractivity (Wildman–Crippen MR) is 104 cm³/mol. The Bertz CT molecular complexity index is 969. The van der Waals surface area contributed by atoms with Crippen LogP contribution in [0.15, 0.2) is 48.7 Å². The third-order valence-electron chi connectivity index (χ3n) is 4.45. The van der Waals surface area contributed by atoms with Crippen LogP contribution in [0.1, 0.15) is 0 Å². The zero-order chi connectivity index (χ0) is 18.8. The van der Waals surface area contributed by atoms with Gasteiger partial charge in [0.25, 0.3) is 0 Å². The summed E-state index contributed by atoms with van der Waals surface area (Å²) in [7, 11) is 0. The Morgan fingerprint density at radius 3 is 2.89 bits per heavy atom. The Balaban J connectivity index is 1.85. The maximum Gasteiger partial charge on any atom is 0.141 e. The van der Waals surface area contributed by atoms with Crippen LogP contribution in [0.2, 0.25) is 5.02 Å². The van der Waals surface area contributed by atoms with Crippen LogP contribution >= 0.6 is 11.6 Å². The van der Waals surface area contributed by atoms with Crippen LogP contribution in [-0.2, 0) is 4.74 Å². The Hall–Kier alpha value is -2.41. The average Bonchev–Trinajstić information content (AvgIpc) is 2.67. The van der Waals surface area contributed by atoms with Gasteiger partial charge in [-0.1, -0.05) is 11.6 Å². The Labute approximate surface area is 161 Å². The molecule has 0 radical (unpaired) electrons. The van der Waals surface area contributed by atoms with Gasteiger partial charge in [-0.3, -0.25) is 4.98 Å². The standard InChI is InChI=1S/C20H19ClFN3O2/c21-17-9-14(1-3-18(17)22)25-7-8-26-11-13(23)12-27-15-2-4-19-16(10-15)20(25)5-6-24-19/h1-6,9-10,13H,7-8,11-12,23H2. The quantitative estimate of drug-likeness (QED) is 0.686. The smallest absolute Gasteiger partial charge is 0.141 e. The van der Waals surface area contributed by atoms with Gasteiger partial charge in [0, 0.05) is 23.8 Å². The number of fused-ring (bicyclic) bond motifs is 1. The zero-order valence-corrected chi connectivity index (χ0v) is 15.3. The van der Waals surface area contributed by atoms with Crippen molar-refractivity contribution in [3.05, 3.63) is 59.5 Å². The van der Waals surface area contributed by atoms with Crippen molar-refractivity contribution in [1.82, 2.24) is 4.98 Å². The van der Waals surface area contributed by atoms with Gasteiger partial charge in [-0.15, -0.1) is 0 Å². The zero-order valence-electron chi connectivity index (χ0n) is 14.6. The molecule has 0 fully saturated rings. The van der Waals surface area contributed by atoms with Crippen molar-refractivity contribution < 1.29 is 13.9 Å². The van der Waals surface area contributed by atoms with Crippen molar-refractivity contribution in [3.8, 4) is 5.75 Å². The second-order valence-corrected chi connectivity index (χ2v) is 6.81. The molecule has 7 heteroatoms. The van der Waals surface area contributed by atoms with Crippen molar-refractivity contribution in [2.75, 3.05) is 31.3 Å². The van der Waals surface area contributed by atoms with Gasteiger partial charge in [0.1, 0.15) is 18.2 Å². The minimum Gasteiger partial charge on any atom is -0.492 e. The van der Waals surface area contributed by atoms with E-state index >= 15 is 0 Å². The molecule has 2 heterocycles. The summed E-state index contributed by atoms with van der Waals surface area (Å²) in [4.78, 5) is 6.47. The number of aromatic nitrogens is 1. The molecule has 0 amide bonds. The van der Waals surface area contributed by atoms with E-state index in [-0.39, 0.29) is 11.1 Å². The van der Waals surface area contributed by atoms with Crippen LogP contribution in [0.25, 0.3) is 10.9 Å². The van der Waals surface area contributed by atoms with E-state index in [0.29, 0.717) is 32.1 Å². The lowest BCUT2D eigenvalue weighted by atomic mass is 10.1. The van der Waals surface area contributed by atoms with Crippen LogP contribution in [0.3, 0.4) is 0 Å². The van der Waals surface area contributed by atoms with Crippen molar-refractivity contribution >= 4 is 33.9 Å². The van der Waals surface area contributed by atoms with E-state index in [1.165, 1.54) is 6.07 Å². The monoisotopic (exact) mass is 387 g/mol. The molecule has 2 bridgehead atoms. The third kappa shape index (κ3) is 3.83. The maximum absolute atomic E-state index is 13.7. The highest BCUT2D eigenvalue weighted by molar-refractivity contribution is 6.31. The number of nitrogens with zero attached hydrogens (tertiary/aromatic N) is 2. The summed E-state index contributed by atoms with van der Waals surface area (Å²) in [5.41, 5.74) is 8.56.